The Bertz CT molecular complexity index is 181. The predicted octanol–water partition coefficient (Wildman–Crippen LogP) is 5.72. The Balaban J connectivity index is 4.35. The topological polar surface area (TPSA) is 0 Å². The molecule has 0 unspecified atom stereocenters. The van der Waals surface area contributed by atoms with Crippen molar-refractivity contribution >= 4 is 69.6 Å². The van der Waals surface area contributed by atoms with Crippen LogP contribution in [0.3, 0.4) is 0 Å². The molecule has 0 aliphatic heterocycles. The van der Waals surface area contributed by atoms with Crippen LogP contribution in [0.15, 0.2) is 0 Å². The van der Waals surface area contributed by atoms with Crippen LogP contribution >= 0.6 is 69.6 Å². The van der Waals surface area contributed by atoms with Gasteiger partial charge < -0.3 is 0 Å². The molecule has 0 aromatic heterocycles. The summed E-state index contributed by atoms with van der Waals surface area (Å²) in [5.41, 5.74) is 0. The van der Waals surface area contributed by atoms with Crippen molar-refractivity contribution < 1.29 is 0 Å². The van der Waals surface area contributed by atoms with Crippen molar-refractivity contribution in [1.82, 2.24) is 0 Å². The van der Waals surface area contributed by atoms with E-state index in [-0.39, 0.29) is 12.8 Å². The van der Waals surface area contributed by atoms with Crippen molar-refractivity contribution in [3.8, 4) is 0 Å². The molecule has 0 radical (unpaired) electrons. The number of rotatable bonds is 5. The van der Waals surface area contributed by atoms with Crippen molar-refractivity contribution in [2.45, 2.75) is 46.1 Å². The van der Waals surface area contributed by atoms with Crippen molar-refractivity contribution in [2.24, 2.45) is 0 Å². The van der Waals surface area contributed by atoms with Gasteiger partial charge in [-0.3, -0.25) is 0 Å². The van der Waals surface area contributed by atoms with E-state index in [0.29, 0.717) is 6.42 Å². The Morgan fingerprint density at radius 2 is 1.21 bits per heavy atom. The van der Waals surface area contributed by atoms with Crippen LogP contribution in [0.5, 0.6) is 0 Å². The highest BCUT2D eigenvalue weighted by Gasteiger charge is 2.39. The molecule has 0 bridgehead atoms. The molecule has 0 amide bonds. The molecular weight excluding hydrogens is 309 g/mol. The smallest absolute Gasteiger partial charge is 0.102 e. The SMILES string of the molecule is CCC(Cl)(Cl)CC(Cl)(Cl)CC(C)(Cl)Cl. The van der Waals surface area contributed by atoms with Gasteiger partial charge in [-0.05, 0) is 13.3 Å². The summed E-state index contributed by atoms with van der Waals surface area (Å²) >= 11 is 35.5. The van der Waals surface area contributed by atoms with Gasteiger partial charge in [0.15, 0.2) is 0 Å². The highest BCUT2D eigenvalue weighted by atomic mass is 35.5. The van der Waals surface area contributed by atoms with Gasteiger partial charge in [-0.2, -0.15) is 0 Å². The van der Waals surface area contributed by atoms with E-state index in [1.165, 1.54) is 0 Å². The van der Waals surface area contributed by atoms with E-state index in [9.17, 15) is 0 Å². The maximum absolute atomic E-state index is 6.01. The van der Waals surface area contributed by atoms with Gasteiger partial charge in [0, 0.05) is 12.8 Å². The molecule has 0 N–H and O–H groups in total. The van der Waals surface area contributed by atoms with E-state index >= 15 is 0 Å². The Morgan fingerprint density at radius 1 is 0.786 bits per heavy atom. The zero-order chi connectivity index (χ0) is 11.6. The van der Waals surface area contributed by atoms with E-state index in [4.69, 9.17) is 69.6 Å². The van der Waals surface area contributed by atoms with Crippen LogP contribution in [-0.4, -0.2) is 13.0 Å². The molecule has 0 heterocycles. The van der Waals surface area contributed by atoms with Crippen LogP contribution in [0.2, 0.25) is 0 Å². The summed E-state index contributed by atoms with van der Waals surface area (Å²) in [7, 11) is 0. The summed E-state index contributed by atoms with van der Waals surface area (Å²) < 4.78 is -3.04. The van der Waals surface area contributed by atoms with Gasteiger partial charge in [-0.1, -0.05) is 6.92 Å². The molecule has 0 aliphatic rings. The molecule has 0 aliphatic carbocycles. The fourth-order valence-corrected chi connectivity index (χ4v) is 3.47. The molecule has 0 atom stereocenters. The van der Waals surface area contributed by atoms with Gasteiger partial charge in [0.2, 0.25) is 0 Å². The Kier molecular flexibility index (Phi) is 6.05. The van der Waals surface area contributed by atoms with E-state index < -0.39 is 13.0 Å². The van der Waals surface area contributed by atoms with Crippen molar-refractivity contribution in [3.63, 3.8) is 0 Å². The third-order valence-corrected chi connectivity index (χ3v) is 3.21. The molecule has 14 heavy (non-hydrogen) atoms. The summed E-state index contributed by atoms with van der Waals surface area (Å²) in [6, 6.07) is 0. The minimum absolute atomic E-state index is 0.202. The van der Waals surface area contributed by atoms with Crippen LogP contribution in [0.25, 0.3) is 0 Å². The maximum Gasteiger partial charge on any atom is 0.124 e. The van der Waals surface area contributed by atoms with Crippen LogP contribution < -0.4 is 0 Å². The summed E-state index contributed by atoms with van der Waals surface area (Å²) in [6.45, 7) is 3.47. The van der Waals surface area contributed by atoms with Gasteiger partial charge in [0.05, 0.1) is 0 Å². The minimum atomic E-state index is -1.11. The molecular formula is C8H12Cl6. The predicted molar refractivity (Wildman–Crippen MR) is 68.5 cm³/mol. The molecule has 0 aromatic carbocycles. The highest BCUT2D eigenvalue weighted by molar-refractivity contribution is 6.54. The molecule has 0 spiro atoms. The second kappa shape index (κ2) is 5.38. The van der Waals surface area contributed by atoms with Crippen LogP contribution in [0.1, 0.15) is 33.1 Å². The average molecular weight is 321 g/mol. The van der Waals surface area contributed by atoms with Gasteiger partial charge in [-0.25, -0.2) is 0 Å². The monoisotopic (exact) mass is 318 g/mol. The van der Waals surface area contributed by atoms with Crippen molar-refractivity contribution in [3.05, 3.63) is 0 Å². The second-order valence-corrected chi connectivity index (χ2v) is 8.63. The van der Waals surface area contributed by atoms with Crippen LogP contribution in [0, 0.1) is 0 Å². The molecule has 0 saturated carbocycles. The quantitative estimate of drug-likeness (QED) is 0.568. The van der Waals surface area contributed by atoms with E-state index in [1.54, 1.807) is 6.92 Å². The van der Waals surface area contributed by atoms with Gasteiger partial charge >= 0.3 is 0 Å². The van der Waals surface area contributed by atoms with E-state index in [2.05, 4.69) is 0 Å². The lowest BCUT2D eigenvalue weighted by Gasteiger charge is -2.30. The average Bonchev–Trinajstić information content (AvgIpc) is 1.78. The molecule has 6 heteroatoms. The summed E-state index contributed by atoms with van der Waals surface area (Å²) in [5, 5.41) is 0. The van der Waals surface area contributed by atoms with E-state index in [1.807, 2.05) is 6.92 Å². The lowest BCUT2D eigenvalue weighted by atomic mass is 10.1. The largest absolute Gasteiger partial charge is 0.124 e. The Labute approximate surface area is 115 Å². The minimum Gasteiger partial charge on any atom is -0.102 e. The maximum atomic E-state index is 6.01. The number of alkyl halides is 6. The lowest BCUT2D eigenvalue weighted by molar-refractivity contribution is 0.552. The first kappa shape index (κ1) is 15.7. The molecule has 0 nitrogen and oxygen atoms in total. The van der Waals surface area contributed by atoms with Crippen LogP contribution in [0.4, 0.5) is 0 Å². The first-order chi connectivity index (χ1) is 5.97. The number of hydrogen-bond donors (Lipinski definition) is 0. The second-order valence-electron chi connectivity index (χ2n) is 3.49. The van der Waals surface area contributed by atoms with Crippen molar-refractivity contribution in [2.75, 3.05) is 0 Å². The summed E-state index contributed by atoms with van der Waals surface area (Å²) in [4.78, 5) is 0. The summed E-state index contributed by atoms with van der Waals surface area (Å²) in [5.74, 6) is 0. The zero-order valence-electron chi connectivity index (χ0n) is 7.89. The Hall–Kier alpha value is 1.74. The molecule has 0 rings (SSSR count). The third kappa shape index (κ3) is 7.96. The van der Waals surface area contributed by atoms with Crippen molar-refractivity contribution in [1.29, 1.82) is 0 Å². The number of halogens is 6. The molecule has 86 valence electrons. The van der Waals surface area contributed by atoms with Gasteiger partial charge in [-0.15, -0.1) is 69.6 Å². The molecule has 0 saturated heterocycles. The van der Waals surface area contributed by atoms with Gasteiger partial charge in [0.25, 0.3) is 0 Å². The lowest BCUT2D eigenvalue weighted by Crippen LogP contribution is -2.29. The first-order valence-corrected chi connectivity index (χ1v) is 6.38. The zero-order valence-corrected chi connectivity index (χ0v) is 12.4. The fourth-order valence-electron chi connectivity index (χ4n) is 1.02. The van der Waals surface area contributed by atoms with Gasteiger partial charge in [0.1, 0.15) is 13.0 Å². The first-order valence-electron chi connectivity index (χ1n) is 4.11. The molecule has 0 aromatic rings. The molecule has 0 fully saturated rings. The third-order valence-electron chi connectivity index (χ3n) is 1.60. The highest BCUT2D eigenvalue weighted by Crippen LogP contribution is 2.45. The normalized spacial score (nSPS) is 14.6. The van der Waals surface area contributed by atoms with Crippen LogP contribution in [-0.2, 0) is 0 Å². The Morgan fingerprint density at radius 3 is 1.50 bits per heavy atom. The standard InChI is InChI=1S/C8H12Cl6/c1-3-7(11,12)5-8(13,14)4-6(2,9)10/h3-5H2,1-2H3. The fraction of sp³-hybridized carbons (Fsp3) is 1.00. The number of hydrogen-bond acceptors (Lipinski definition) is 0. The summed E-state index contributed by atoms with van der Waals surface area (Å²) in [6.07, 6.45) is 0.976. The van der Waals surface area contributed by atoms with E-state index in [0.717, 1.165) is 0 Å².